The monoisotopic (exact) mass is 352 g/mol. The molecule has 2 rings (SSSR count). The molecule has 0 bridgehead atoms. The summed E-state index contributed by atoms with van der Waals surface area (Å²) in [6, 6.07) is 5.54. The third kappa shape index (κ3) is 3.31. The van der Waals surface area contributed by atoms with Crippen molar-refractivity contribution in [3.8, 4) is 0 Å². The van der Waals surface area contributed by atoms with E-state index in [1.54, 1.807) is 13.0 Å². The lowest BCUT2D eigenvalue weighted by molar-refractivity contribution is -0.384. The molecule has 0 fully saturated rings. The number of non-ortho nitro benzene ring substituents is 1. The molecule has 108 valence electrons. The number of pyridine rings is 1. The van der Waals surface area contributed by atoms with E-state index >= 15 is 0 Å². The molecule has 0 spiro atoms. The van der Waals surface area contributed by atoms with Crippen LogP contribution in [0.2, 0.25) is 0 Å². The van der Waals surface area contributed by atoms with Crippen LogP contribution in [-0.2, 0) is 0 Å². The number of benzene rings is 1. The van der Waals surface area contributed by atoms with Crippen LogP contribution in [0.15, 0.2) is 34.9 Å². The van der Waals surface area contributed by atoms with E-state index in [-0.39, 0.29) is 17.2 Å². The Hall–Kier alpha value is -2.55. The minimum atomic E-state index is -0.577. The van der Waals surface area contributed by atoms with E-state index in [1.807, 2.05) is 0 Å². The van der Waals surface area contributed by atoms with Crippen LogP contribution in [0, 0.1) is 27.2 Å². The number of nitro benzene ring substituents is 1. The molecule has 21 heavy (non-hydrogen) atoms. The minimum absolute atomic E-state index is 0.0202. The Morgan fingerprint density at radius 2 is 1.90 bits per heavy atom. The maximum atomic E-state index is 11.0. The zero-order chi connectivity index (χ0) is 15.6. The average molecular weight is 353 g/mol. The van der Waals surface area contributed by atoms with Crippen LogP contribution in [0.1, 0.15) is 5.56 Å². The molecule has 1 aromatic carbocycles. The van der Waals surface area contributed by atoms with Crippen LogP contribution in [0.4, 0.5) is 22.9 Å². The number of nitrogens with zero attached hydrogens (tertiary/aromatic N) is 3. The summed E-state index contributed by atoms with van der Waals surface area (Å²) in [5.41, 5.74) is 0.764. The lowest BCUT2D eigenvalue weighted by Gasteiger charge is -2.09. The quantitative estimate of drug-likeness (QED) is 0.662. The van der Waals surface area contributed by atoms with E-state index < -0.39 is 9.85 Å². The van der Waals surface area contributed by atoms with Crippen LogP contribution >= 0.6 is 15.9 Å². The summed E-state index contributed by atoms with van der Waals surface area (Å²) >= 11 is 3.11. The van der Waals surface area contributed by atoms with Crippen molar-refractivity contribution in [1.29, 1.82) is 0 Å². The summed E-state index contributed by atoms with van der Waals surface area (Å²) in [6.45, 7) is 1.73. The van der Waals surface area contributed by atoms with E-state index in [0.29, 0.717) is 15.7 Å². The first-order chi connectivity index (χ1) is 9.88. The Kier molecular flexibility index (Phi) is 4.13. The van der Waals surface area contributed by atoms with Gasteiger partial charge in [-0.25, -0.2) is 4.98 Å². The molecule has 0 aliphatic carbocycles. The highest BCUT2D eigenvalue weighted by Gasteiger charge is 2.18. The second-order valence-electron chi connectivity index (χ2n) is 4.16. The lowest BCUT2D eigenvalue weighted by atomic mass is 10.2. The van der Waals surface area contributed by atoms with Gasteiger partial charge in [0, 0.05) is 34.6 Å². The maximum Gasteiger partial charge on any atom is 0.312 e. The van der Waals surface area contributed by atoms with Crippen LogP contribution in [-0.4, -0.2) is 14.8 Å². The molecule has 9 heteroatoms. The number of halogens is 1. The Morgan fingerprint density at radius 1 is 1.19 bits per heavy atom. The van der Waals surface area contributed by atoms with Gasteiger partial charge >= 0.3 is 5.69 Å². The van der Waals surface area contributed by atoms with Gasteiger partial charge in [-0.2, -0.15) is 0 Å². The largest absolute Gasteiger partial charge is 0.334 e. The molecule has 8 nitrogen and oxygen atoms in total. The van der Waals surface area contributed by atoms with Gasteiger partial charge < -0.3 is 5.32 Å². The summed E-state index contributed by atoms with van der Waals surface area (Å²) in [4.78, 5) is 24.6. The summed E-state index contributed by atoms with van der Waals surface area (Å²) in [5.74, 6) is 0.0202. The molecule has 2 aromatic rings. The van der Waals surface area contributed by atoms with E-state index in [2.05, 4.69) is 26.2 Å². The normalized spacial score (nSPS) is 10.2. The highest BCUT2D eigenvalue weighted by Crippen LogP contribution is 2.30. The van der Waals surface area contributed by atoms with Crippen molar-refractivity contribution in [1.82, 2.24) is 4.98 Å². The molecule has 0 aliphatic rings. The predicted octanol–water partition coefficient (Wildman–Crippen LogP) is 3.71. The van der Waals surface area contributed by atoms with Crippen molar-refractivity contribution in [2.24, 2.45) is 0 Å². The van der Waals surface area contributed by atoms with Gasteiger partial charge in [0.15, 0.2) is 0 Å². The second kappa shape index (κ2) is 5.83. The minimum Gasteiger partial charge on any atom is -0.334 e. The molecule has 0 aliphatic heterocycles. The summed E-state index contributed by atoms with van der Waals surface area (Å²) in [7, 11) is 0. The third-order valence-electron chi connectivity index (χ3n) is 2.72. The van der Waals surface area contributed by atoms with Gasteiger partial charge in [-0.1, -0.05) is 6.07 Å². The lowest BCUT2D eigenvalue weighted by Crippen LogP contribution is -2.01. The fraction of sp³-hybridized carbons (Fsp3) is 0.0833. The van der Waals surface area contributed by atoms with Crippen molar-refractivity contribution in [2.45, 2.75) is 6.92 Å². The number of aryl methyl sites for hydroxylation is 1. The fourth-order valence-corrected chi connectivity index (χ4v) is 1.97. The molecule has 1 heterocycles. The SMILES string of the molecule is Cc1ccc([N+](=O)[O-])cc1Nc1ncc(Br)cc1[N+](=O)[O-]. The first-order valence-electron chi connectivity index (χ1n) is 5.70. The number of hydrogen-bond acceptors (Lipinski definition) is 6. The molecular formula is C12H9BrN4O4. The van der Waals surface area contributed by atoms with Crippen LogP contribution in [0.5, 0.6) is 0 Å². The molecule has 1 N–H and O–H groups in total. The van der Waals surface area contributed by atoms with Gasteiger partial charge in [-0.05, 0) is 28.4 Å². The fourth-order valence-electron chi connectivity index (χ4n) is 1.65. The number of hydrogen-bond donors (Lipinski definition) is 1. The van der Waals surface area contributed by atoms with Crippen molar-refractivity contribution in [3.05, 3.63) is 60.7 Å². The smallest absolute Gasteiger partial charge is 0.312 e. The Bertz CT molecular complexity index is 735. The topological polar surface area (TPSA) is 111 Å². The Labute approximate surface area is 127 Å². The Morgan fingerprint density at radius 3 is 2.52 bits per heavy atom. The van der Waals surface area contributed by atoms with Gasteiger partial charge in [0.2, 0.25) is 5.82 Å². The Balaban J connectivity index is 2.45. The summed E-state index contributed by atoms with van der Waals surface area (Å²) < 4.78 is 0.468. The van der Waals surface area contributed by atoms with E-state index in [0.717, 1.165) is 0 Å². The van der Waals surface area contributed by atoms with Gasteiger partial charge in [0.25, 0.3) is 5.69 Å². The van der Waals surface area contributed by atoms with Gasteiger partial charge in [0.1, 0.15) is 0 Å². The molecule has 0 radical (unpaired) electrons. The molecule has 0 saturated carbocycles. The maximum absolute atomic E-state index is 11.0. The molecule has 0 unspecified atom stereocenters. The van der Waals surface area contributed by atoms with E-state index in [4.69, 9.17) is 0 Å². The average Bonchev–Trinajstić information content (AvgIpc) is 2.42. The molecule has 1 aromatic heterocycles. The van der Waals surface area contributed by atoms with Gasteiger partial charge in [0.05, 0.1) is 9.85 Å². The van der Waals surface area contributed by atoms with E-state index in [9.17, 15) is 20.2 Å². The number of nitrogens with one attached hydrogen (secondary N) is 1. The first kappa shape index (κ1) is 14.9. The third-order valence-corrected chi connectivity index (χ3v) is 3.15. The second-order valence-corrected chi connectivity index (χ2v) is 5.08. The predicted molar refractivity (Wildman–Crippen MR) is 79.7 cm³/mol. The van der Waals surface area contributed by atoms with Crippen LogP contribution in [0.3, 0.4) is 0 Å². The van der Waals surface area contributed by atoms with Gasteiger partial charge in [-0.3, -0.25) is 20.2 Å². The van der Waals surface area contributed by atoms with Crippen molar-refractivity contribution >= 4 is 38.8 Å². The summed E-state index contributed by atoms with van der Waals surface area (Å²) in [6.07, 6.45) is 1.40. The van der Waals surface area contributed by atoms with Crippen LogP contribution in [0.25, 0.3) is 0 Å². The summed E-state index contributed by atoms with van der Waals surface area (Å²) in [5, 5.41) is 24.6. The molecule has 0 saturated heterocycles. The van der Waals surface area contributed by atoms with Crippen molar-refractivity contribution < 1.29 is 9.85 Å². The zero-order valence-corrected chi connectivity index (χ0v) is 12.3. The molecular weight excluding hydrogens is 344 g/mol. The zero-order valence-electron chi connectivity index (χ0n) is 10.7. The highest BCUT2D eigenvalue weighted by molar-refractivity contribution is 9.10. The number of rotatable bonds is 4. The molecule has 0 atom stereocenters. The van der Waals surface area contributed by atoms with Crippen molar-refractivity contribution in [2.75, 3.05) is 5.32 Å². The standard InChI is InChI=1S/C12H9BrN4O4/c1-7-2-3-9(16(18)19)5-10(7)15-12-11(17(20)21)4-8(13)6-14-12/h2-6H,1H3,(H,14,15). The van der Waals surface area contributed by atoms with E-state index in [1.165, 1.54) is 24.4 Å². The molecule has 0 amide bonds. The number of anilines is 2. The number of aromatic nitrogens is 1. The van der Waals surface area contributed by atoms with Gasteiger partial charge in [-0.15, -0.1) is 0 Å². The first-order valence-corrected chi connectivity index (χ1v) is 6.50. The number of nitro groups is 2. The van der Waals surface area contributed by atoms with Crippen molar-refractivity contribution in [3.63, 3.8) is 0 Å². The highest BCUT2D eigenvalue weighted by atomic mass is 79.9. The van der Waals surface area contributed by atoms with Crippen LogP contribution < -0.4 is 5.32 Å².